The number of thiophene rings is 1. The molecule has 0 spiro atoms. The molecule has 3 N–H and O–H groups in total. The zero-order chi connectivity index (χ0) is 12.3. The summed E-state index contributed by atoms with van der Waals surface area (Å²) in [5.41, 5.74) is 7.08. The maximum absolute atomic E-state index is 11.6. The van der Waals surface area contributed by atoms with Crippen LogP contribution >= 0.6 is 11.3 Å². The quantitative estimate of drug-likeness (QED) is 0.842. The first kappa shape index (κ1) is 12.7. The lowest BCUT2D eigenvalue weighted by Gasteiger charge is -2.08. The first-order valence-corrected chi connectivity index (χ1v) is 5.89. The summed E-state index contributed by atoms with van der Waals surface area (Å²) in [6.45, 7) is 5.65. The number of nitrogens with one attached hydrogen (secondary N) is 1. The third-order valence-electron chi connectivity index (χ3n) is 2.51. The van der Waals surface area contributed by atoms with Gasteiger partial charge in [0.15, 0.2) is 0 Å². The standard InChI is InChI=1S/C11H15N3OS/c1-4-9(13)10(15)14-11-8(5-12)6(2)7(3)16-11/h9H,4,13H2,1-3H3,(H,14,15). The fourth-order valence-electron chi connectivity index (χ4n) is 1.24. The predicted octanol–water partition coefficient (Wildman–Crippen LogP) is 1.91. The molecule has 1 aromatic rings. The van der Waals surface area contributed by atoms with Crippen molar-refractivity contribution in [3.05, 3.63) is 16.0 Å². The van der Waals surface area contributed by atoms with Gasteiger partial charge in [0, 0.05) is 4.88 Å². The van der Waals surface area contributed by atoms with Crippen LogP contribution in [0.1, 0.15) is 29.3 Å². The molecule has 0 radical (unpaired) electrons. The highest BCUT2D eigenvalue weighted by atomic mass is 32.1. The molecule has 5 heteroatoms. The average Bonchev–Trinajstić information content (AvgIpc) is 2.53. The second-order valence-corrected chi connectivity index (χ2v) is 4.83. The highest BCUT2D eigenvalue weighted by molar-refractivity contribution is 7.16. The smallest absolute Gasteiger partial charge is 0.241 e. The Balaban J connectivity index is 2.95. The van der Waals surface area contributed by atoms with E-state index in [1.807, 2.05) is 20.8 Å². The molecule has 0 bridgehead atoms. The third-order valence-corrected chi connectivity index (χ3v) is 3.63. The molecular weight excluding hydrogens is 222 g/mol. The fraction of sp³-hybridized carbons (Fsp3) is 0.455. The van der Waals surface area contributed by atoms with Gasteiger partial charge in [-0.1, -0.05) is 6.92 Å². The Bertz CT molecular complexity index is 445. The van der Waals surface area contributed by atoms with Crippen LogP contribution in [-0.4, -0.2) is 11.9 Å². The number of amides is 1. The highest BCUT2D eigenvalue weighted by Gasteiger charge is 2.17. The zero-order valence-electron chi connectivity index (χ0n) is 9.63. The van der Waals surface area contributed by atoms with Gasteiger partial charge in [-0.25, -0.2) is 0 Å². The van der Waals surface area contributed by atoms with Crippen molar-refractivity contribution >= 4 is 22.2 Å². The van der Waals surface area contributed by atoms with Crippen molar-refractivity contribution in [3.63, 3.8) is 0 Å². The van der Waals surface area contributed by atoms with E-state index in [9.17, 15) is 4.79 Å². The molecule has 1 amide bonds. The van der Waals surface area contributed by atoms with Gasteiger partial charge in [0.2, 0.25) is 5.91 Å². The van der Waals surface area contributed by atoms with Crippen LogP contribution in [0.25, 0.3) is 0 Å². The number of nitrogens with two attached hydrogens (primary N) is 1. The Kier molecular flexibility index (Phi) is 4.05. The van der Waals surface area contributed by atoms with E-state index < -0.39 is 6.04 Å². The molecule has 1 rings (SSSR count). The van der Waals surface area contributed by atoms with E-state index in [0.717, 1.165) is 10.4 Å². The van der Waals surface area contributed by atoms with Crippen LogP contribution in [0, 0.1) is 25.2 Å². The van der Waals surface area contributed by atoms with Crippen molar-refractivity contribution < 1.29 is 4.79 Å². The highest BCUT2D eigenvalue weighted by Crippen LogP contribution is 2.31. The minimum atomic E-state index is -0.519. The molecule has 86 valence electrons. The van der Waals surface area contributed by atoms with Gasteiger partial charge in [-0.3, -0.25) is 4.79 Å². The summed E-state index contributed by atoms with van der Waals surface area (Å²) in [6.07, 6.45) is 0.580. The third kappa shape index (κ3) is 2.40. The molecule has 1 heterocycles. The SMILES string of the molecule is CCC(N)C(=O)Nc1sc(C)c(C)c1C#N. The molecule has 0 fully saturated rings. The van der Waals surface area contributed by atoms with Gasteiger partial charge in [-0.15, -0.1) is 11.3 Å². The van der Waals surface area contributed by atoms with E-state index in [1.54, 1.807) is 0 Å². The van der Waals surface area contributed by atoms with Crippen molar-refractivity contribution in [1.29, 1.82) is 5.26 Å². The van der Waals surface area contributed by atoms with Crippen molar-refractivity contribution in [3.8, 4) is 6.07 Å². The van der Waals surface area contributed by atoms with Gasteiger partial charge in [-0.05, 0) is 25.8 Å². The Hall–Kier alpha value is -1.38. The van der Waals surface area contributed by atoms with E-state index >= 15 is 0 Å². The number of aryl methyl sites for hydroxylation is 1. The molecule has 16 heavy (non-hydrogen) atoms. The molecule has 0 aliphatic heterocycles. The van der Waals surface area contributed by atoms with Crippen LogP contribution in [0.2, 0.25) is 0 Å². The number of carbonyl (C=O) groups excluding carboxylic acids is 1. The number of nitriles is 1. The van der Waals surface area contributed by atoms with Crippen LogP contribution in [-0.2, 0) is 4.79 Å². The van der Waals surface area contributed by atoms with Crippen molar-refractivity contribution in [2.24, 2.45) is 5.73 Å². The molecule has 1 aromatic heterocycles. The molecule has 0 aliphatic carbocycles. The van der Waals surface area contributed by atoms with Gasteiger partial charge < -0.3 is 11.1 Å². The molecule has 1 atom stereocenters. The van der Waals surface area contributed by atoms with Crippen molar-refractivity contribution in [2.45, 2.75) is 33.2 Å². The fourth-order valence-corrected chi connectivity index (χ4v) is 2.25. The largest absolute Gasteiger partial charge is 0.320 e. The molecule has 0 aliphatic rings. The van der Waals surface area contributed by atoms with E-state index in [4.69, 9.17) is 11.0 Å². The lowest BCUT2D eigenvalue weighted by Crippen LogP contribution is -2.34. The number of hydrogen-bond acceptors (Lipinski definition) is 4. The van der Waals surface area contributed by atoms with Crippen molar-refractivity contribution in [2.75, 3.05) is 5.32 Å². The molecular formula is C11H15N3OS. The van der Waals surface area contributed by atoms with Gasteiger partial charge in [0.1, 0.15) is 11.1 Å². The van der Waals surface area contributed by atoms with E-state index in [0.29, 0.717) is 17.0 Å². The summed E-state index contributed by atoms with van der Waals surface area (Å²) in [4.78, 5) is 12.6. The summed E-state index contributed by atoms with van der Waals surface area (Å²) in [7, 11) is 0. The van der Waals surface area contributed by atoms with Crippen LogP contribution in [0.3, 0.4) is 0 Å². The van der Waals surface area contributed by atoms with E-state index in [1.165, 1.54) is 11.3 Å². The second kappa shape index (κ2) is 5.10. The lowest BCUT2D eigenvalue weighted by molar-refractivity contribution is -0.117. The second-order valence-electron chi connectivity index (χ2n) is 3.60. The van der Waals surface area contributed by atoms with E-state index in [-0.39, 0.29) is 5.91 Å². The first-order chi connectivity index (χ1) is 7.51. The number of nitrogens with zero attached hydrogens (tertiary/aromatic N) is 1. The topological polar surface area (TPSA) is 78.9 Å². The molecule has 0 saturated carbocycles. The number of rotatable bonds is 3. The maximum atomic E-state index is 11.6. The summed E-state index contributed by atoms with van der Waals surface area (Å²) in [5, 5.41) is 12.3. The van der Waals surface area contributed by atoms with Crippen LogP contribution in [0.4, 0.5) is 5.00 Å². The molecule has 0 saturated heterocycles. The molecule has 4 nitrogen and oxygen atoms in total. The Morgan fingerprint density at radius 2 is 2.25 bits per heavy atom. The normalized spacial score (nSPS) is 11.9. The molecule has 0 aromatic carbocycles. The number of anilines is 1. The first-order valence-electron chi connectivity index (χ1n) is 5.07. The minimum Gasteiger partial charge on any atom is -0.320 e. The summed E-state index contributed by atoms with van der Waals surface area (Å²) >= 11 is 1.41. The van der Waals surface area contributed by atoms with E-state index in [2.05, 4.69) is 11.4 Å². The van der Waals surface area contributed by atoms with Gasteiger partial charge in [0.25, 0.3) is 0 Å². The zero-order valence-corrected chi connectivity index (χ0v) is 10.4. The summed E-state index contributed by atoms with van der Waals surface area (Å²) in [6, 6.07) is 1.58. The Labute approximate surface area is 99.1 Å². The van der Waals surface area contributed by atoms with Crippen molar-refractivity contribution in [1.82, 2.24) is 0 Å². The monoisotopic (exact) mass is 237 g/mol. The Morgan fingerprint density at radius 1 is 1.62 bits per heavy atom. The number of carbonyl (C=O) groups is 1. The van der Waals surface area contributed by atoms with Crippen LogP contribution < -0.4 is 11.1 Å². The molecule has 1 unspecified atom stereocenters. The Morgan fingerprint density at radius 3 is 2.75 bits per heavy atom. The minimum absolute atomic E-state index is 0.236. The number of hydrogen-bond donors (Lipinski definition) is 2. The van der Waals surface area contributed by atoms with Crippen LogP contribution in [0.5, 0.6) is 0 Å². The van der Waals surface area contributed by atoms with Crippen LogP contribution in [0.15, 0.2) is 0 Å². The lowest BCUT2D eigenvalue weighted by atomic mass is 10.2. The van der Waals surface area contributed by atoms with Gasteiger partial charge >= 0.3 is 0 Å². The van der Waals surface area contributed by atoms with Gasteiger partial charge in [0.05, 0.1) is 11.6 Å². The summed E-state index contributed by atoms with van der Waals surface area (Å²) in [5.74, 6) is -0.236. The maximum Gasteiger partial charge on any atom is 0.241 e. The predicted molar refractivity (Wildman–Crippen MR) is 65.4 cm³/mol. The summed E-state index contributed by atoms with van der Waals surface area (Å²) < 4.78 is 0. The van der Waals surface area contributed by atoms with Gasteiger partial charge in [-0.2, -0.15) is 5.26 Å². The average molecular weight is 237 g/mol.